The van der Waals surface area contributed by atoms with E-state index in [1.54, 1.807) is 24.3 Å². The molecular formula is C17H16Cl2O4. The second kappa shape index (κ2) is 8.56. The minimum Gasteiger partial charge on any atom is -0.478 e. The van der Waals surface area contributed by atoms with Gasteiger partial charge in [-0.3, -0.25) is 0 Å². The van der Waals surface area contributed by atoms with Crippen molar-refractivity contribution >= 4 is 35.1 Å². The third-order valence-electron chi connectivity index (χ3n) is 2.88. The molecule has 0 unspecified atom stereocenters. The number of hydrogen-bond acceptors (Lipinski definition) is 3. The number of methoxy groups -OCH3 is 1. The predicted octanol–water partition coefficient (Wildman–Crippen LogP) is 4.78. The van der Waals surface area contributed by atoms with Gasteiger partial charge in [0.05, 0.1) is 28.3 Å². The number of ether oxygens (including phenoxy) is 1. The van der Waals surface area contributed by atoms with Crippen LogP contribution in [0.25, 0.3) is 0 Å². The third kappa shape index (κ3) is 5.58. The highest BCUT2D eigenvalue weighted by molar-refractivity contribution is 6.34. The second-order valence-corrected chi connectivity index (χ2v) is 5.58. The van der Waals surface area contributed by atoms with Crippen LogP contribution in [0, 0.1) is 13.8 Å². The molecule has 0 spiro atoms. The number of carboxylic acids is 1. The lowest BCUT2D eigenvalue weighted by Crippen LogP contribution is -2.01. The summed E-state index contributed by atoms with van der Waals surface area (Å²) in [6, 6.07) is 10.1. The summed E-state index contributed by atoms with van der Waals surface area (Å²) in [5.74, 6) is -1.39. The highest BCUT2D eigenvalue weighted by atomic mass is 35.5. The quantitative estimate of drug-likeness (QED) is 0.788. The third-order valence-corrected chi connectivity index (χ3v) is 3.51. The van der Waals surface area contributed by atoms with E-state index in [4.69, 9.17) is 28.3 Å². The molecule has 1 N–H and O–H groups in total. The molecule has 0 aliphatic rings. The van der Waals surface area contributed by atoms with E-state index in [1.807, 2.05) is 19.9 Å². The predicted molar refractivity (Wildman–Crippen MR) is 90.7 cm³/mol. The van der Waals surface area contributed by atoms with Crippen LogP contribution in [0.4, 0.5) is 0 Å². The van der Waals surface area contributed by atoms with Gasteiger partial charge in [0.15, 0.2) is 0 Å². The highest BCUT2D eigenvalue weighted by Gasteiger charge is 2.09. The van der Waals surface area contributed by atoms with Gasteiger partial charge in [-0.1, -0.05) is 35.3 Å². The van der Waals surface area contributed by atoms with Crippen molar-refractivity contribution in [3.8, 4) is 0 Å². The summed E-state index contributed by atoms with van der Waals surface area (Å²) in [5.41, 5.74) is 2.54. The number of rotatable bonds is 2. The Kier molecular flexibility index (Phi) is 7.07. The fraction of sp³-hybridized carbons (Fsp3) is 0.176. The summed E-state index contributed by atoms with van der Waals surface area (Å²) < 4.78 is 4.53. The summed E-state index contributed by atoms with van der Waals surface area (Å²) in [4.78, 5) is 21.5. The van der Waals surface area contributed by atoms with Gasteiger partial charge in [-0.25, -0.2) is 9.59 Å². The molecule has 0 saturated carbocycles. The van der Waals surface area contributed by atoms with Crippen LogP contribution < -0.4 is 0 Å². The molecule has 0 fully saturated rings. The highest BCUT2D eigenvalue weighted by Crippen LogP contribution is 2.18. The smallest absolute Gasteiger partial charge is 0.339 e. The van der Waals surface area contributed by atoms with Gasteiger partial charge in [-0.05, 0) is 49.2 Å². The number of hydrogen-bond donors (Lipinski definition) is 1. The van der Waals surface area contributed by atoms with Gasteiger partial charge in [0.2, 0.25) is 0 Å². The molecule has 0 aliphatic heterocycles. The van der Waals surface area contributed by atoms with Gasteiger partial charge in [0.25, 0.3) is 0 Å². The zero-order chi connectivity index (χ0) is 17.6. The van der Waals surface area contributed by atoms with Gasteiger partial charge < -0.3 is 9.84 Å². The van der Waals surface area contributed by atoms with Crippen LogP contribution in [0.2, 0.25) is 10.0 Å². The van der Waals surface area contributed by atoms with E-state index in [0.717, 1.165) is 11.1 Å². The van der Waals surface area contributed by atoms with Crippen molar-refractivity contribution in [3.63, 3.8) is 0 Å². The van der Waals surface area contributed by atoms with Gasteiger partial charge in [-0.15, -0.1) is 0 Å². The number of halogens is 2. The monoisotopic (exact) mass is 354 g/mol. The molecule has 2 aromatic rings. The van der Waals surface area contributed by atoms with Crippen molar-refractivity contribution in [2.45, 2.75) is 13.8 Å². The fourth-order valence-corrected chi connectivity index (χ4v) is 2.32. The van der Waals surface area contributed by atoms with Crippen LogP contribution in [-0.4, -0.2) is 24.2 Å². The van der Waals surface area contributed by atoms with Crippen LogP contribution >= 0.6 is 23.2 Å². The first-order valence-electron chi connectivity index (χ1n) is 6.60. The van der Waals surface area contributed by atoms with Crippen LogP contribution in [0.5, 0.6) is 0 Å². The molecule has 0 radical (unpaired) electrons. The summed E-state index contributed by atoms with van der Waals surface area (Å²) in [6.45, 7) is 3.77. The van der Waals surface area contributed by atoms with E-state index in [2.05, 4.69) is 4.74 Å². The zero-order valence-electron chi connectivity index (χ0n) is 12.9. The summed E-state index contributed by atoms with van der Waals surface area (Å²) in [7, 11) is 1.33. The molecule has 0 amide bonds. The molecule has 0 atom stereocenters. The Bertz CT molecular complexity index is 727. The summed E-state index contributed by atoms with van der Waals surface area (Å²) >= 11 is 11.4. The van der Waals surface area contributed by atoms with Crippen molar-refractivity contribution in [1.29, 1.82) is 0 Å². The molecule has 4 nitrogen and oxygen atoms in total. The van der Waals surface area contributed by atoms with Crippen molar-refractivity contribution in [1.82, 2.24) is 0 Å². The lowest BCUT2D eigenvalue weighted by atomic mass is 10.1. The van der Waals surface area contributed by atoms with Crippen molar-refractivity contribution < 1.29 is 19.4 Å². The van der Waals surface area contributed by atoms with Crippen LogP contribution in [-0.2, 0) is 4.74 Å². The van der Waals surface area contributed by atoms with Crippen molar-refractivity contribution in [3.05, 3.63) is 68.7 Å². The topological polar surface area (TPSA) is 63.6 Å². The average Bonchev–Trinajstić information content (AvgIpc) is 2.46. The zero-order valence-corrected chi connectivity index (χ0v) is 14.4. The number of benzene rings is 2. The number of carboxylic acid groups (broad SMARTS) is 1. The van der Waals surface area contributed by atoms with Crippen LogP contribution in [0.15, 0.2) is 36.4 Å². The van der Waals surface area contributed by atoms with E-state index in [-0.39, 0.29) is 10.6 Å². The maximum atomic E-state index is 11.0. The molecular weight excluding hydrogens is 339 g/mol. The number of carbonyl (C=O) groups excluding carboxylic acids is 1. The first kappa shape index (κ1) is 19.0. The Hall–Kier alpha value is -2.04. The fourth-order valence-electron chi connectivity index (χ4n) is 1.69. The first-order chi connectivity index (χ1) is 10.8. The number of carbonyl (C=O) groups is 2. The first-order valence-corrected chi connectivity index (χ1v) is 7.35. The Labute approximate surface area is 144 Å². The Morgan fingerprint density at radius 3 is 1.70 bits per heavy atom. The Balaban J connectivity index is 0.000000231. The normalized spacial score (nSPS) is 9.61. The molecule has 2 rings (SSSR count). The standard InChI is InChI=1S/C9H9ClO2.C8H7ClO2/c1-6-3-4-7(8(10)5-6)9(11)12-2;1-5-2-3-6(8(10)11)7(9)4-5/h3-5H,1-2H3;2-4H,1H3,(H,10,11). The van der Waals surface area contributed by atoms with E-state index in [0.29, 0.717) is 10.6 Å². The van der Waals surface area contributed by atoms with E-state index < -0.39 is 11.9 Å². The van der Waals surface area contributed by atoms with Crippen molar-refractivity contribution in [2.75, 3.05) is 7.11 Å². The lowest BCUT2D eigenvalue weighted by molar-refractivity contribution is 0.0600. The van der Waals surface area contributed by atoms with Crippen LogP contribution in [0.1, 0.15) is 31.8 Å². The summed E-state index contributed by atoms with van der Waals surface area (Å²) in [5, 5.41) is 9.29. The number of aryl methyl sites for hydroxylation is 2. The molecule has 0 saturated heterocycles. The van der Waals surface area contributed by atoms with E-state index in [9.17, 15) is 9.59 Å². The molecule has 0 heterocycles. The molecule has 0 aromatic heterocycles. The minimum atomic E-state index is -0.991. The van der Waals surface area contributed by atoms with Crippen LogP contribution in [0.3, 0.4) is 0 Å². The maximum absolute atomic E-state index is 11.0. The second-order valence-electron chi connectivity index (χ2n) is 4.76. The molecule has 0 aliphatic carbocycles. The van der Waals surface area contributed by atoms with E-state index in [1.165, 1.54) is 13.2 Å². The SMILES string of the molecule is COC(=O)c1ccc(C)cc1Cl.Cc1ccc(C(=O)O)c(Cl)c1. The largest absolute Gasteiger partial charge is 0.478 e. The van der Waals surface area contributed by atoms with Gasteiger partial charge in [0.1, 0.15) is 0 Å². The van der Waals surface area contributed by atoms with Crippen molar-refractivity contribution in [2.24, 2.45) is 0 Å². The van der Waals surface area contributed by atoms with Gasteiger partial charge in [0, 0.05) is 0 Å². The number of aromatic carboxylic acids is 1. The Morgan fingerprint density at radius 2 is 1.35 bits per heavy atom. The average molecular weight is 355 g/mol. The maximum Gasteiger partial charge on any atom is 0.339 e. The Morgan fingerprint density at radius 1 is 0.913 bits per heavy atom. The molecule has 6 heteroatoms. The lowest BCUT2D eigenvalue weighted by Gasteiger charge is -2.01. The molecule has 122 valence electrons. The molecule has 2 aromatic carbocycles. The van der Waals surface area contributed by atoms with Gasteiger partial charge >= 0.3 is 11.9 Å². The minimum absolute atomic E-state index is 0.150. The number of esters is 1. The molecule has 23 heavy (non-hydrogen) atoms. The van der Waals surface area contributed by atoms with E-state index >= 15 is 0 Å². The summed E-state index contributed by atoms with van der Waals surface area (Å²) in [6.07, 6.45) is 0. The molecule has 0 bridgehead atoms. The van der Waals surface area contributed by atoms with Gasteiger partial charge in [-0.2, -0.15) is 0 Å².